The van der Waals surface area contributed by atoms with Crippen LogP contribution in [0.25, 0.3) is 0 Å². The van der Waals surface area contributed by atoms with Gasteiger partial charge in [-0.05, 0) is 6.72 Å². The molecule has 6 N–H and O–H groups in total. The summed E-state index contributed by atoms with van der Waals surface area (Å²) in [6.07, 6.45) is 0. The molecule has 0 aromatic heterocycles. The summed E-state index contributed by atoms with van der Waals surface area (Å²) in [6, 6.07) is 0. The summed E-state index contributed by atoms with van der Waals surface area (Å²) in [5.41, 5.74) is 15.6. The second kappa shape index (κ2) is 3.55. The summed E-state index contributed by atoms with van der Waals surface area (Å²) in [6.45, 7) is 4.45. The third-order valence-electron chi connectivity index (χ3n) is 1.48. The second-order valence-electron chi connectivity index (χ2n) is 1.99. The van der Waals surface area contributed by atoms with Crippen molar-refractivity contribution < 1.29 is 0 Å². The molecule has 54 valence electrons. The summed E-state index contributed by atoms with van der Waals surface area (Å²) in [5, 5.41) is 0. The lowest BCUT2D eigenvalue weighted by Crippen LogP contribution is -2.49. The molecule has 0 aromatic rings. The van der Waals surface area contributed by atoms with Crippen molar-refractivity contribution in [1.82, 2.24) is 0 Å². The fourth-order valence-corrected chi connectivity index (χ4v) is 0.444. The van der Waals surface area contributed by atoms with E-state index >= 15 is 0 Å². The van der Waals surface area contributed by atoms with Crippen LogP contribution in [0.5, 0.6) is 0 Å². The van der Waals surface area contributed by atoms with Crippen molar-refractivity contribution in [2.24, 2.45) is 22.2 Å². The Morgan fingerprint density at radius 3 is 1.44 bits per heavy atom. The number of nitrogens with zero attached hydrogens (tertiary/aromatic N) is 1. The summed E-state index contributed by atoms with van der Waals surface area (Å²) in [7, 11) is 0. The van der Waals surface area contributed by atoms with E-state index in [2.05, 4.69) is 11.7 Å². The first-order valence-corrected chi connectivity index (χ1v) is 2.83. The lowest BCUT2D eigenvalue weighted by atomic mass is 10.0. The average molecular weight is 130 g/mol. The van der Waals surface area contributed by atoms with E-state index in [1.807, 2.05) is 0 Å². The van der Waals surface area contributed by atoms with Crippen LogP contribution in [0.4, 0.5) is 0 Å². The fourth-order valence-electron chi connectivity index (χ4n) is 0.444. The highest BCUT2D eigenvalue weighted by atomic mass is 14.9. The number of aliphatic imine (C=N–C) groups is 1. The molecule has 4 heteroatoms. The Morgan fingerprint density at radius 2 is 1.44 bits per heavy atom. The Hall–Kier alpha value is -0.450. The molecule has 0 rings (SSSR count). The normalized spacial score (nSPS) is 11.4. The van der Waals surface area contributed by atoms with E-state index < -0.39 is 5.54 Å². The molecule has 0 bridgehead atoms. The maximum absolute atomic E-state index is 5.35. The molecule has 0 aliphatic heterocycles. The van der Waals surface area contributed by atoms with Crippen molar-refractivity contribution in [3.63, 3.8) is 0 Å². The van der Waals surface area contributed by atoms with Crippen LogP contribution in [0.3, 0.4) is 0 Å². The monoisotopic (exact) mass is 130 g/mol. The molecule has 0 aliphatic rings. The number of hydrogen-bond donors (Lipinski definition) is 3. The molecular formula is C5H14N4. The summed E-state index contributed by atoms with van der Waals surface area (Å²) >= 11 is 0. The van der Waals surface area contributed by atoms with Crippen molar-refractivity contribution in [2.75, 3.05) is 19.6 Å². The third-order valence-corrected chi connectivity index (χ3v) is 1.48. The van der Waals surface area contributed by atoms with E-state index in [1.54, 1.807) is 0 Å². The topological polar surface area (TPSA) is 90.4 Å². The smallest absolute Gasteiger partial charge is 0.0965 e. The predicted molar refractivity (Wildman–Crippen MR) is 39.4 cm³/mol. The van der Waals surface area contributed by atoms with Crippen molar-refractivity contribution >= 4 is 6.72 Å². The van der Waals surface area contributed by atoms with Gasteiger partial charge in [0.2, 0.25) is 0 Å². The molecule has 0 radical (unpaired) electrons. The molecule has 0 saturated carbocycles. The molecule has 4 nitrogen and oxygen atoms in total. The number of hydrogen-bond acceptors (Lipinski definition) is 4. The van der Waals surface area contributed by atoms with Gasteiger partial charge in [-0.2, -0.15) is 0 Å². The third kappa shape index (κ3) is 1.74. The molecule has 0 spiro atoms. The number of rotatable bonds is 4. The molecule has 0 aromatic carbocycles. The summed E-state index contributed by atoms with van der Waals surface area (Å²) in [5.74, 6) is 0. The van der Waals surface area contributed by atoms with Crippen LogP contribution in [-0.2, 0) is 0 Å². The molecule has 0 atom stereocenters. The van der Waals surface area contributed by atoms with Crippen LogP contribution < -0.4 is 17.2 Å². The van der Waals surface area contributed by atoms with Gasteiger partial charge in [0.15, 0.2) is 0 Å². The molecule has 0 unspecified atom stereocenters. The van der Waals surface area contributed by atoms with Gasteiger partial charge >= 0.3 is 0 Å². The molecule has 0 heterocycles. The summed E-state index contributed by atoms with van der Waals surface area (Å²) in [4.78, 5) is 3.75. The lowest BCUT2D eigenvalue weighted by molar-refractivity contribution is 0.464. The minimum Gasteiger partial charge on any atom is -0.328 e. The van der Waals surface area contributed by atoms with Crippen LogP contribution in [0.1, 0.15) is 0 Å². The van der Waals surface area contributed by atoms with Crippen LogP contribution >= 0.6 is 0 Å². The quantitative estimate of drug-likeness (QED) is 0.396. The van der Waals surface area contributed by atoms with Gasteiger partial charge in [0.05, 0.1) is 5.54 Å². The van der Waals surface area contributed by atoms with E-state index in [-0.39, 0.29) is 0 Å². The molecule has 0 saturated heterocycles. The zero-order valence-electron chi connectivity index (χ0n) is 5.51. The average Bonchev–Trinajstić information content (AvgIpc) is 1.95. The zero-order chi connectivity index (χ0) is 7.33. The van der Waals surface area contributed by atoms with Gasteiger partial charge in [0.25, 0.3) is 0 Å². The van der Waals surface area contributed by atoms with Gasteiger partial charge in [-0.3, -0.25) is 4.99 Å². The van der Waals surface area contributed by atoms with Crippen LogP contribution in [-0.4, -0.2) is 31.9 Å². The van der Waals surface area contributed by atoms with Crippen LogP contribution in [0, 0.1) is 0 Å². The Labute approximate surface area is 55.1 Å². The Balaban J connectivity index is 3.98. The Bertz CT molecular complexity index is 78.7. The SMILES string of the molecule is C=NC(CN)(CN)CN. The van der Waals surface area contributed by atoms with E-state index in [1.165, 1.54) is 0 Å². The first-order chi connectivity index (χ1) is 4.24. The standard InChI is InChI=1S/C5H14N4/c1-9-5(2-6,3-7)4-8/h1-4,6-8H2. The van der Waals surface area contributed by atoms with Gasteiger partial charge in [0.1, 0.15) is 0 Å². The highest BCUT2D eigenvalue weighted by molar-refractivity contribution is 5.26. The maximum atomic E-state index is 5.35. The van der Waals surface area contributed by atoms with E-state index in [4.69, 9.17) is 17.2 Å². The van der Waals surface area contributed by atoms with E-state index in [9.17, 15) is 0 Å². The highest BCUT2D eigenvalue weighted by Crippen LogP contribution is 2.01. The van der Waals surface area contributed by atoms with Gasteiger partial charge in [-0.1, -0.05) is 0 Å². The van der Waals surface area contributed by atoms with E-state index in [0.29, 0.717) is 19.6 Å². The van der Waals surface area contributed by atoms with E-state index in [0.717, 1.165) is 0 Å². The first kappa shape index (κ1) is 8.55. The molecule has 0 fully saturated rings. The predicted octanol–water partition coefficient (Wildman–Crippen LogP) is -1.70. The minimum absolute atomic E-state index is 0.365. The van der Waals surface area contributed by atoms with Crippen molar-refractivity contribution in [3.05, 3.63) is 0 Å². The molecule has 0 aliphatic carbocycles. The first-order valence-electron chi connectivity index (χ1n) is 2.83. The van der Waals surface area contributed by atoms with Gasteiger partial charge < -0.3 is 17.2 Å². The molecule has 0 amide bonds. The molecular weight excluding hydrogens is 116 g/mol. The summed E-state index contributed by atoms with van der Waals surface area (Å²) < 4.78 is 0. The lowest BCUT2D eigenvalue weighted by Gasteiger charge is -2.23. The largest absolute Gasteiger partial charge is 0.328 e. The second-order valence-corrected chi connectivity index (χ2v) is 1.99. The van der Waals surface area contributed by atoms with Crippen LogP contribution in [0.2, 0.25) is 0 Å². The van der Waals surface area contributed by atoms with Crippen molar-refractivity contribution in [1.29, 1.82) is 0 Å². The van der Waals surface area contributed by atoms with Gasteiger partial charge in [-0.25, -0.2) is 0 Å². The highest BCUT2D eigenvalue weighted by Gasteiger charge is 2.21. The van der Waals surface area contributed by atoms with Crippen molar-refractivity contribution in [3.8, 4) is 0 Å². The molecule has 9 heavy (non-hydrogen) atoms. The Morgan fingerprint density at radius 1 is 1.11 bits per heavy atom. The zero-order valence-corrected chi connectivity index (χ0v) is 5.51. The Kier molecular flexibility index (Phi) is 3.37. The van der Waals surface area contributed by atoms with Gasteiger partial charge in [0, 0.05) is 19.6 Å². The van der Waals surface area contributed by atoms with Crippen LogP contribution in [0.15, 0.2) is 4.99 Å². The minimum atomic E-state index is -0.486. The maximum Gasteiger partial charge on any atom is 0.0965 e. The number of nitrogens with two attached hydrogens (primary N) is 3. The fraction of sp³-hybridized carbons (Fsp3) is 0.800. The van der Waals surface area contributed by atoms with Gasteiger partial charge in [-0.15, -0.1) is 0 Å². The van der Waals surface area contributed by atoms with Crippen molar-refractivity contribution in [2.45, 2.75) is 5.54 Å².